The molecule has 0 aromatic heterocycles. The van der Waals surface area contributed by atoms with E-state index in [4.69, 9.17) is 4.74 Å². The Kier molecular flexibility index (Phi) is 5.40. The van der Waals surface area contributed by atoms with Crippen LogP contribution < -0.4 is 4.74 Å². The Morgan fingerprint density at radius 2 is 0.767 bits per heavy atom. The molecule has 0 aliphatic rings. The summed E-state index contributed by atoms with van der Waals surface area (Å²) < 4.78 is 5.30. The molecule has 150 valence electrons. The fourth-order valence-electron chi connectivity index (χ4n) is 4.04. The maximum atomic E-state index is 12.5. The molecule has 0 radical (unpaired) electrons. The van der Waals surface area contributed by atoms with E-state index in [2.05, 4.69) is 0 Å². The van der Waals surface area contributed by atoms with Gasteiger partial charge < -0.3 is 14.9 Å². The lowest BCUT2D eigenvalue weighted by Gasteiger charge is -2.45. The molecule has 4 aromatic carbocycles. The molecular weight excluding hydrogens is 372 g/mol. The number of aliphatic hydroxyl groups is 2. The quantitative estimate of drug-likeness (QED) is 0.489. The van der Waals surface area contributed by atoms with Gasteiger partial charge in [0.25, 0.3) is 0 Å². The van der Waals surface area contributed by atoms with E-state index in [9.17, 15) is 10.2 Å². The van der Waals surface area contributed by atoms with Crippen LogP contribution in [0.5, 0.6) is 5.75 Å². The molecule has 0 bridgehead atoms. The first-order valence-corrected chi connectivity index (χ1v) is 9.86. The topological polar surface area (TPSA) is 49.7 Å². The maximum absolute atomic E-state index is 12.5. The van der Waals surface area contributed by atoms with Gasteiger partial charge in [-0.25, -0.2) is 0 Å². The molecule has 3 nitrogen and oxygen atoms in total. The highest BCUT2D eigenvalue weighted by Crippen LogP contribution is 2.49. The molecule has 0 amide bonds. The van der Waals surface area contributed by atoms with Crippen molar-refractivity contribution in [3.05, 3.63) is 138 Å². The van der Waals surface area contributed by atoms with Gasteiger partial charge in [-0.1, -0.05) is 103 Å². The highest BCUT2D eigenvalue weighted by Gasteiger charge is 2.54. The van der Waals surface area contributed by atoms with E-state index in [0.717, 1.165) is 0 Å². The van der Waals surface area contributed by atoms with Gasteiger partial charge in [-0.05, 0) is 34.4 Å². The Bertz CT molecular complexity index is 1040. The highest BCUT2D eigenvalue weighted by molar-refractivity contribution is 5.51. The number of hydrogen-bond donors (Lipinski definition) is 2. The predicted octanol–water partition coefficient (Wildman–Crippen LogP) is 4.87. The third kappa shape index (κ3) is 3.18. The van der Waals surface area contributed by atoms with Crippen molar-refractivity contribution in [1.82, 2.24) is 0 Å². The van der Waals surface area contributed by atoms with Gasteiger partial charge in [0.05, 0.1) is 7.11 Å². The summed E-state index contributed by atoms with van der Waals surface area (Å²) in [4.78, 5) is 0. The average molecular weight is 396 g/mol. The minimum absolute atomic E-state index is 0.560. The van der Waals surface area contributed by atoms with Gasteiger partial charge in [-0.3, -0.25) is 0 Å². The number of ether oxygens (including phenoxy) is 1. The van der Waals surface area contributed by atoms with E-state index in [0.29, 0.717) is 28.0 Å². The molecular formula is C27H24O3. The van der Waals surface area contributed by atoms with Gasteiger partial charge in [0, 0.05) is 0 Å². The smallest absolute Gasteiger partial charge is 0.152 e. The molecule has 0 heterocycles. The summed E-state index contributed by atoms with van der Waals surface area (Å²) in [6.45, 7) is 0. The Hall–Kier alpha value is -3.40. The molecule has 30 heavy (non-hydrogen) atoms. The Balaban J connectivity index is 2.06. The van der Waals surface area contributed by atoms with Crippen molar-refractivity contribution in [3.63, 3.8) is 0 Å². The zero-order valence-corrected chi connectivity index (χ0v) is 16.8. The second kappa shape index (κ2) is 8.15. The molecule has 0 aliphatic carbocycles. The predicted molar refractivity (Wildman–Crippen MR) is 118 cm³/mol. The Labute approximate surface area is 176 Å². The lowest BCUT2D eigenvalue weighted by Crippen LogP contribution is -2.51. The standard InChI is InChI=1S/C27H24O3/c1-30-25-19-17-24(18-20-25)27(29,23-15-9-4-10-16-23)26(28,21-11-5-2-6-12-21)22-13-7-3-8-14-22/h2-20,28-29H,1H3. The van der Waals surface area contributed by atoms with Crippen LogP contribution in [-0.4, -0.2) is 17.3 Å². The van der Waals surface area contributed by atoms with Crippen molar-refractivity contribution in [2.24, 2.45) is 0 Å². The van der Waals surface area contributed by atoms with Crippen molar-refractivity contribution >= 4 is 0 Å². The summed E-state index contributed by atoms with van der Waals surface area (Å²) in [5, 5.41) is 24.9. The summed E-state index contributed by atoms with van der Waals surface area (Å²) in [5.41, 5.74) is -1.17. The van der Waals surface area contributed by atoms with Crippen molar-refractivity contribution in [1.29, 1.82) is 0 Å². The molecule has 0 aliphatic heterocycles. The Morgan fingerprint density at radius 1 is 0.467 bits per heavy atom. The summed E-state index contributed by atoms with van der Waals surface area (Å²) in [7, 11) is 1.60. The van der Waals surface area contributed by atoms with E-state index in [1.807, 2.05) is 91.0 Å². The molecule has 0 fully saturated rings. The van der Waals surface area contributed by atoms with Gasteiger partial charge in [-0.15, -0.1) is 0 Å². The first-order valence-electron chi connectivity index (χ1n) is 9.86. The first-order chi connectivity index (χ1) is 14.6. The average Bonchev–Trinajstić information content (AvgIpc) is 2.84. The van der Waals surface area contributed by atoms with E-state index < -0.39 is 11.2 Å². The van der Waals surface area contributed by atoms with Gasteiger partial charge in [0.15, 0.2) is 11.2 Å². The highest BCUT2D eigenvalue weighted by atomic mass is 16.5. The van der Waals surface area contributed by atoms with Gasteiger partial charge in [-0.2, -0.15) is 0 Å². The van der Waals surface area contributed by atoms with Crippen molar-refractivity contribution < 1.29 is 14.9 Å². The molecule has 3 heteroatoms. The summed E-state index contributed by atoms with van der Waals surface area (Å²) in [6, 6.07) is 35.0. The number of rotatable bonds is 6. The van der Waals surface area contributed by atoms with Crippen LogP contribution in [0.25, 0.3) is 0 Å². The zero-order chi connectivity index (χ0) is 21.0. The van der Waals surface area contributed by atoms with Crippen LogP contribution in [0.15, 0.2) is 115 Å². The Morgan fingerprint density at radius 3 is 1.07 bits per heavy atom. The van der Waals surface area contributed by atoms with Crippen LogP contribution in [0.1, 0.15) is 22.3 Å². The van der Waals surface area contributed by atoms with Crippen molar-refractivity contribution in [2.75, 3.05) is 7.11 Å². The van der Waals surface area contributed by atoms with Crippen molar-refractivity contribution in [2.45, 2.75) is 11.2 Å². The van der Waals surface area contributed by atoms with E-state index in [-0.39, 0.29) is 0 Å². The van der Waals surface area contributed by atoms with E-state index in [1.165, 1.54) is 0 Å². The van der Waals surface area contributed by atoms with Gasteiger partial charge in [0.1, 0.15) is 5.75 Å². The lowest BCUT2D eigenvalue weighted by atomic mass is 9.66. The van der Waals surface area contributed by atoms with Crippen LogP contribution in [0.2, 0.25) is 0 Å². The molecule has 0 saturated carbocycles. The van der Waals surface area contributed by atoms with Crippen LogP contribution in [0, 0.1) is 0 Å². The largest absolute Gasteiger partial charge is 0.497 e. The molecule has 1 unspecified atom stereocenters. The van der Waals surface area contributed by atoms with E-state index in [1.54, 1.807) is 31.4 Å². The first kappa shape index (κ1) is 19.9. The SMILES string of the molecule is COc1ccc(C(O)(c2ccccc2)C(O)(c2ccccc2)c2ccccc2)cc1. The third-order valence-corrected chi connectivity index (χ3v) is 5.61. The van der Waals surface area contributed by atoms with Crippen LogP contribution >= 0.6 is 0 Å². The summed E-state index contributed by atoms with van der Waals surface area (Å²) in [5.74, 6) is 0.678. The number of hydrogen-bond acceptors (Lipinski definition) is 3. The molecule has 0 spiro atoms. The molecule has 1 atom stereocenters. The second-order valence-corrected chi connectivity index (χ2v) is 7.25. The van der Waals surface area contributed by atoms with E-state index >= 15 is 0 Å². The number of methoxy groups -OCH3 is 1. The molecule has 2 N–H and O–H groups in total. The van der Waals surface area contributed by atoms with Crippen LogP contribution in [0.4, 0.5) is 0 Å². The zero-order valence-electron chi connectivity index (χ0n) is 16.8. The normalized spacial score (nSPS) is 13.4. The molecule has 0 saturated heterocycles. The van der Waals surface area contributed by atoms with Gasteiger partial charge >= 0.3 is 0 Å². The van der Waals surface area contributed by atoms with Crippen LogP contribution in [0.3, 0.4) is 0 Å². The monoisotopic (exact) mass is 396 g/mol. The lowest BCUT2D eigenvalue weighted by molar-refractivity contribution is -0.113. The minimum atomic E-state index is -1.76. The molecule has 4 rings (SSSR count). The van der Waals surface area contributed by atoms with Crippen molar-refractivity contribution in [3.8, 4) is 5.75 Å². The fourth-order valence-corrected chi connectivity index (χ4v) is 4.04. The minimum Gasteiger partial charge on any atom is -0.497 e. The second-order valence-electron chi connectivity index (χ2n) is 7.25. The fraction of sp³-hybridized carbons (Fsp3) is 0.111. The molecule has 4 aromatic rings. The van der Waals surface area contributed by atoms with Gasteiger partial charge in [0.2, 0.25) is 0 Å². The summed E-state index contributed by atoms with van der Waals surface area (Å²) in [6.07, 6.45) is 0. The third-order valence-electron chi connectivity index (χ3n) is 5.61. The number of benzene rings is 4. The maximum Gasteiger partial charge on any atom is 0.152 e. The summed E-state index contributed by atoms with van der Waals surface area (Å²) >= 11 is 0. The van der Waals surface area contributed by atoms with Crippen LogP contribution in [-0.2, 0) is 11.2 Å².